The van der Waals surface area contributed by atoms with Crippen LogP contribution in [0.3, 0.4) is 0 Å². The summed E-state index contributed by atoms with van der Waals surface area (Å²) in [6.07, 6.45) is 4.42. The van der Waals surface area contributed by atoms with Crippen LogP contribution in [0, 0.1) is 5.82 Å². The van der Waals surface area contributed by atoms with Crippen LogP contribution in [-0.2, 0) is 16.0 Å². The molecular formula is C19H19BrFNO3. The van der Waals surface area contributed by atoms with Gasteiger partial charge < -0.3 is 4.74 Å². The summed E-state index contributed by atoms with van der Waals surface area (Å²) in [6.45, 7) is 3.85. The third-order valence-corrected chi connectivity index (χ3v) is 5.93. The van der Waals surface area contributed by atoms with Crippen molar-refractivity contribution in [3.63, 3.8) is 0 Å². The Bertz CT molecular complexity index is 816. The highest BCUT2D eigenvalue weighted by Gasteiger charge is 2.44. The number of fused-ring (bicyclic) bond motifs is 1. The summed E-state index contributed by atoms with van der Waals surface area (Å²) in [5.74, 6) is -1.10. The van der Waals surface area contributed by atoms with Crippen LogP contribution in [0.4, 0.5) is 10.1 Å². The lowest BCUT2D eigenvalue weighted by Gasteiger charge is -2.35. The van der Waals surface area contributed by atoms with Gasteiger partial charge in [0.1, 0.15) is 11.3 Å². The predicted molar refractivity (Wildman–Crippen MR) is 95.1 cm³/mol. The molecule has 1 aliphatic carbocycles. The molecule has 1 aromatic carbocycles. The highest BCUT2D eigenvalue weighted by atomic mass is 79.9. The number of rotatable bonds is 1. The standard InChI is InChI=1S/C19H19BrFNO3/c1-19(2)8-7-12-13(20)9-14(21)15(16(12)25-19)22-17(23)10-5-3-4-6-11(10)18(22)24/h9H,3-8H2,1-2H3. The number of hydrogen-bond acceptors (Lipinski definition) is 3. The Morgan fingerprint density at radius 1 is 1.12 bits per heavy atom. The number of nitrogens with zero attached hydrogens (tertiary/aromatic N) is 1. The van der Waals surface area contributed by atoms with Gasteiger partial charge in [-0.3, -0.25) is 9.59 Å². The van der Waals surface area contributed by atoms with Gasteiger partial charge in [-0.1, -0.05) is 15.9 Å². The van der Waals surface area contributed by atoms with Gasteiger partial charge in [0, 0.05) is 21.2 Å². The molecule has 3 aliphatic rings. The minimum absolute atomic E-state index is 0.0321. The maximum atomic E-state index is 14.9. The van der Waals surface area contributed by atoms with Crippen LogP contribution in [-0.4, -0.2) is 17.4 Å². The first-order valence-electron chi connectivity index (χ1n) is 8.61. The van der Waals surface area contributed by atoms with E-state index in [0.717, 1.165) is 29.7 Å². The number of anilines is 1. The van der Waals surface area contributed by atoms with E-state index < -0.39 is 23.2 Å². The molecule has 0 spiro atoms. The van der Waals surface area contributed by atoms with Gasteiger partial charge in [-0.15, -0.1) is 0 Å². The van der Waals surface area contributed by atoms with Gasteiger partial charge >= 0.3 is 0 Å². The molecule has 0 saturated heterocycles. The van der Waals surface area contributed by atoms with E-state index in [9.17, 15) is 14.0 Å². The molecule has 0 unspecified atom stereocenters. The zero-order valence-corrected chi connectivity index (χ0v) is 15.8. The monoisotopic (exact) mass is 407 g/mol. The highest BCUT2D eigenvalue weighted by Crippen LogP contribution is 2.48. The second-order valence-electron chi connectivity index (χ2n) is 7.47. The van der Waals surface area contributed by atoms with Gasteiger partial charge in [0.05, 0.1) is 0 Å². The van der Waals surface area contributed by atoms with Crippen molar-refractivity contribution in [2.75, 3.05) is 4.90 Å². The minimum Gasteiger partial charge on any atom is -0.485 e. The third-order valence-electron chi connectivity index (χ3n) is 5.23. The van der Waals surface area contributed by atoms with Crippen molar-refractivity contribution < 1.29 is 18.7 Å². The number of halogens is 2. The minimum atomic E-state index is -0.620. The zero-order valence-electron chi connectivity index (χ0n) is 14.2. The number of carbonyl (C=O) groups excluding carboxylic acids is 2. The van der Waals surface area contributed by atoms with Crippen molar-refractivity contribution in [3.05, 3.63) is 33.1 Å². The zero-order chi connectivity index (χ0) is 17.9. The molecule has 2 aliphatic heterocycles. The average molecular weight is 408 g/mol. The van der Waals surface area contributed by atoms with Crippen LogP contribution >= 0.6 is 15.9 Å². The molecule has 25 heavy (non-hydrogen) atoms. The van der Waals surface area contributed by atoms with Crippen LogP contribution < -0.4 is 9.64 Å². The average Bonchev–Trinajstić information content (AvgIpc) is 2.79. The van der Waals surface area contributed by atoms with E-state index in [-0.39, 0.29) is 5.69 Å². The molecule has 0 fully saturated rings. The summed E-state index contributed by atoms with van der Waals surface area (Å²) in [5, 5.41) is 0. The predicted octanol–water partition coefficient (Wildman–Crippen LogP) is 4.44. The molecule has 0 bridgehead atoms. The first kappa shape index (κ1) is 16.8. The number of carbonyl (C=O) groups is 2. The van der Waals surface area contributed by atoms with E-state index in [2.05, 4.69) is 15.9 Å². The lowest BCUT2D eigenvalue weighted by Crippen LogP contribution is -2.37. The Kier molecular flexibility index (Phi) is 3.79. The lowest BCUT2D eigenvalue weighted by atomic mass is 9.93. The number of benzene rings is 1. The lowest BCUT2D eigenvalue weighted by molar-refractivity contribution is -0.120. The van der Waals surface area contributed by atoms with Crippen LogP contribution in [0.1, 0.15) is 51.5 Å². The number of hydrogen-bond donors (Lipinski definition) is 0. The van der Waals surface area contributed by atoms with E-state index in [0.29, 0.717) is 40.6 Å². The van der Waals surface area contributed by atoms with E-state index in [4.69, 9.17) is 4.74 Å². The van der Waals surface area contributed by atoms with Crippen molar-refractivity contribution in [2.45, 2.75) is 58.0 Å². The van der Waals surface area contributed by atoms with E-state index in [1.807, 2.05) is 13.8 Å². The van der Waals surface area contributed by atoms with E-state index in [1.165, 1.54) is 6.07 Å². The summed E-state index contributed by atoms with van der Waals surface area (Å²) in [5.41, 5.74) is 1.38. The molecule has 0 aromatic heterocycles. The smallest absolute Gasteiger partial charge is 0.261 e. The Labute approximate surface area is 154 Å². The molecular weight excluding hydrogens is 389 g/mol. The summed E-state index contributed by atoms with van der Waals surface area (Å²) in [7, 11) is 0. The quantitative estimate of drug-likeness (QED) is 0.646. The molecule has 4 nitrogen and oxygen atoms in total. The summed E-state index contributed by atoms with van der Waals surface area (Å²) >= 11 is 3.39. The van der Waals surface area contributed by atoms with Crippen LogP contribution in [0.15, 0.2) is 21.7 Å². The van der Waals surface area contributed by atoms with E-state index >= 15 is 0 Å². The molecule has 2 amide bonds. The normalized spacial score (nSPS) is 22.0. The Morgan fingerprint density at radius 2 is 1.72 bits per heavy atom. The molecule has 4 rings (SSSR count). The number of imide groups is 1. The fraction of sp³-hybridized carbons (Fsp3) is 0.474. The van der Waals surface area contributed by atoms with Crippen molar-refractivity contribution >= 4 is 33.4 Å². The van der Waals surface area contributed by atoms with E-state index in [1.54, 1.807) is 0 Å². The largest absolute Gasteiger partial charge is 0.485 e. The molecule has 0 radical (unpaired) electrons. The van der Waals surface area contributed by atoms with Crippen molar-refractivity contribution in [1.29, 1.82) is 0 Å². The van der Waals surface area contributed by atoms with Crippen molar-refractivity contribution in [3.8, 4) is 5.75 Å². The first-order valence-corrected chi connectivity index (χ1v) is 9.40. The Balaban J connectivity index is 1.87. The second-order valence-corrected chi connectivity index (χ2v) is 8.32. The Hall–Kier alpha value is -1.69. The second kappa shape index (κ2) is 5.66. The van der Waals surface area contributed by atoms with Crippen LogP contribution in [0.2, 0.25) is 0 Å². The molecule has 0 atom stereocenters. The molecule has 6 heteroatoms. The molecule has 2 heterocycles. The summed E-state index contributed by atoms with van der Waals surface area (Å²) < 4.78 is 21.5. The van der Waals surface area contributed by atoms with Gasteiger partial charge in [-0.25, -0.2) is 9.29 Å². The van der Waals surface area contributed by atoms with Gasteiger partial charge in [0.25, 0.3) is 11.8 Å². The molecule has 1 aromatic rings. The van der Waals surface area contributed by atoms with Gasteiger partial charge in [-0.05, 0) is 58.4 Å². The number of amides is 2. The van der Waals surface area contributed by atoms with Crippen molar-refractivity contribution in [2.24, 2.45) is 0 Å². The maximum Gasteiger partial charge on any atom is 0.261 e. The fourth-order valence-corrected chi connectivity index (χ4v) is 4.45. The topological polar surface area (TPSA) is 46.6 Å². The fourth-order valence-electron chi connectivity index (χ4n) is 3.87. The summed E-state index contributed by atoms with van der Waals surface area (Å²) in [6, 6.07) is 1.33. The SMILES string of the molecule is CC1(C)CCc2c(Br)cc(F)c(N3C(=O)C4=C(CCCC4)C3=O)c2O1. The third kappa shape index (κ3) is 2.53. The summed E-state index contributed by atoms with van der Waals surface area (Å²) in [4.78, 5) is 26.7. The van der Waals surface area contributed by atoms with Gasteiger partial charge in [0.15, 0.2) is 11.6 Å². The van der Waals surface area contributed by atoms with Crippen LogP contribution in [0.5, 0.6) is 5.75 Å². The maximum absolute atomic E-state index is 14.9. The highest BCUT2D eigenvalue weighted by molar-refractivity contribution is 9.10. The van der Waals surface area contributed by atoms with Crippen LogP contribution in [0.25, 0.3) is 0 Å². The molecule has 132 valence electrons. The van der Waals surface area contributed by atoms with Gasteiger partial charge in [0.2, 0.25) is 0 Å². The molecule has 0 saturated carbocycles. The first-order chi connectivity index (χ1) is 11.8. The van der Waals surface area contributed by atoms with Gasteiger partial charge in [-0.2, -0.15) is 0 Å². The number of ether oxygens (including phenoxy) is 1. The van der Waals surface area contributed by atoms with Crippen molar-refractivity contribution in [1.82, 2.24) is 0 Å². The molecule has 0 N–H and O–H groups in total. The Morgan fingerprint density at radius 3 is 2.32 bits per heavy atom.